The smallest absolute Gasteiger partial charge is 0.252 e. The van der Waals surface area contributed by atoms with E-state index in [0.29, 0.717) is 12.6 Å². The van der Waals surface area contributed by atoms with Crippen molar-refractivity contribution in [3.8, 4) is 0 Å². The van der Waals surface area contributed by atoms with E-state index in [1.54, 1.807) is 0 Å². The van der Waals surface area contributed by atoms with Gasteiger partial charge in [0.15, 0.2) is 0 Å². The van der Waals surface area contributed by atoms with Crippen LogP contribution in [0.4, 0.5) is 0 Å². The molecule has 1 saturated carbocycles. The average Bonchev–Trinajstić information content (AvgIpc) is 2.75. The Morgan fingerprint density at radius 2 is 1.76 bits per heavy atom. The van der Waals surface area contributed by atoms with Crippen LogP contribution in [-0.4, -0.2) is 54.6 Å². The van der Waals surface area contributed by atoms with Gasteiger partial charge in [-0.3, -0.25) is 19.8 Å². The number of piperazine rings is 1. The molecule has 2 heterocycles. The summed E-state index contributed by atoms with van der Waals surface area (Å²) in [6, 6.07) is 8.41. The lowest BCUT2D eigenvalue weighted by Crippen LogP contribution is -2.69. The van der Waals surface area contributed by atoms with Gasteiger partial charge in [-0.05, 0) is 49.8 Å². The number of carbonyl (C=O) groups excluding carboxylic acids is 2. The van der Waals surface area contributed by atoms with Gasteiger partial charge in [-0.2, -0.15) is 0 Å². The first-order valence-electron chi connectivity index (χ1n) is 10.9. The zero-order chi connectivity index (χ0) is 20.2. The molecule has 4 rings (SSSR count). The van der Waals surface area contributed by atoms with Crippen molar-refractivity contribution < 1.29 is 9.59 Å². The van der Waals surface area contributed by atoms with Gasteiger partial charge >= 0.3 is 0 Å². The number of fused-ring (bicyclic) bond motifs is 1. The lowest BCUT2D eigenvalue weighted by Gasteiger charge is -2.45. The molecule has 158 valence electrons. The Bertz CT molecular complexity index is 718. The maximum atomic E-state index is 12.6. The molecule has 0 aromatic heterocycles. The number of piperidine rings is 1. The molecule has 29 heavy (non-hydrogen) atoms. The Kier molecular flexibility index (Phi) is 6.73. The summed E-state index contributed by atoms with van der Waals surface area (Å²) in [6.07, 6.45) is 6.79. The highest BCUT2D eigenvalue weighted by Crippen LogP contribution is 2.25. The largest absolute Gasteiger partial charge is 0.356 e. The molecule has 1 aliphatic carbocycles. The van der Waals surface area contributed by atoms with E-state index in [9.17, 15) is 9.59 Å². The van der Waals surface area contributed by atoms with E-state index in [1.807, 2.05) is 24.3 Å². The number of likely N-dealkylation sites (tertiary alicyclic amines) is 1. The standard InChI is InChI=1S/C22H31ClN4O2/c23-17-7-5-15(6-8-17)9-12-24-21(28)16-10-13-27(14-11-16)20-22(29)26-19-4-2-1-3-18(19)25-20/h5-8,16,18-20,25H,1-4,9-14H2,(H,24,28)(H,26,29). The van der Waals surface area contributed by atoms with Crippen LogP contribution in [0.5, 0.6) is 0 Å². The number of nitrogens with zero attached hydrogens (tertiary/aromatic N) is 1. The maximum Gasteiger partial charge on any atom is 0.252 e. The fourth-order valence-corrected chi connectivity index (χ4v) is 4.99. The van der Waals surface area contributed by atoms with E-state index < -0.39 is 0 Å². The highest BCUT2D eigenvalue weighted by molar-refractivity contribution is 6.30. The summed E-state index contributed by atoms with van der Waals surface area (Å²) < 4.78 is 0. The van der Waals surface area contributed by atoms with Crippen LogP contribution in [0.15, 0.2) is 24.3 Å². The summed E-state index contributed by atoms with van der Waals surface area (Å²) in [4.78, 5) is 27.3. The summed E-state index contributed by atoms with van der Waals surface area (Å²) in [5.41, 5.74) is 1.17. The van der Waals surface area contributed by atoms with Crippen molar-refractivity contribution in [1.82, 2.24) is 20.9 Å². The maximum absolute atomic E-state index is 12.6. The minimum absolute atomic E-state index is 0.0329. The summed E-state index contributed by atoms with van der Waals surface area (Å²) in [5.74, 6) is 0.261. The molecule has 3 N–H and O–H groups in total. The highest BCUT2D eigenvalue weighted by atomic mass is 35.5. The van der Waals surface area contributed by atoms with Crippen LogP contribution in [-0.2, 0) is 16.0 Å². The molecular formula is C22H31ClN4O2. The lowest BCUT2D eigenvalue weighted by molar-refractivity contribution is -0.134. The van der Waals surface area contributed by atoms with E-state index in [-0.39, 0.29) is 29.9 Å². The first-order valence-corrected chi connectivity index (χ1v) is 11.3. The van der Waals surface area contributed by atoms with Gasteiger partial charge < -0.3 is 10.6 Å². The number of halogens is 1. The van der Waals surface area contributed by atoms with E-state index in [2.05, 4.69) is 20.9 Å². The summed E-state index contributed by atoms with van der Waals surface area (Å²) >= 11 is 5.91. The van der Waals surface area contributed by atoms with Gasteiger partial charge in [0, 0.05) is 42.7 Å². The van der Waals surface area contributed by atoms with E-state index in [0.717, 1.165) is 50.2 Å². The molecule has 1 aromatic rings. The number of hydrogen-bond donors (Lipinski definition) is 3. The molecule has 3 aliphatic rings. The Balaban J connectivity index is 1.21. The monoisotopic (exact) mass is 418 g/mol. The van der Waals surface area contributed by atoms with Gasteiger partial charge in [-0.1, -0.05) is 36.6 Å². The average molecular weight is 419 g/mol. The van der Waals surface area contributed by atoms with Crippen molar-refractivity contribution in [3.63, 3.8) is 0 Å². The summed E-state index contributed by atoms with van der Waals surface area (Å²) in [5, 5.41) is 10.6. The van der Waals surface area contributed by atoms with Crippen LogP contribution >= 0.6 is 11.6 Å². The summed E-state index contributed by atoms with van der Waals surface area (Å²) in [7, 11) is 0. The molecule has 3 unspecified atom stereocenters. The van der Waals surface area contributed by atoms with Crippen molar-refractivity contribution in [2.75, 3.05) is 19.6 Å². The third kappa shape index (κ3) is 5.11. The molecule has 3 atom stereocenters. The number of amides is 2. The van der Waals surface area contributed by atoms with Crippen molar-refractivity contribution in [2.24, 2.45) is 5.92 Å². The zero-order valence-corrected chi connectivity index (χ0v) is 17.6. The van der Waals surface area contributed by atoms with Gasteiger partial charge in [0.1, 0.15) is 6.17 Å². The van der Waals surface area contributed by atoms with Gasteiger partial charge in [-0.25, -0.2) is 0 Å². The number of rotatable bonds is 5. The topological polar surface area (TPSA) is 73.5 Å². The van der Waals surface area contributed by atoms with Crippen LogP contribution in [0.3, 0.4) is 0 Å². The third-order valence-electron chi connectivity index (χ3n) is 6.61. The molecule has 6 nitrogen and oxygen atoms in total. The molecular weight excluding hydrogens is 388 g/mol. The fourth-order valence-electron chi connectivity index (χ4n) is 4.86. The van der Waals surface area contributed by atoms with Gasteiger partial charge in [-0.15, -0.1) is 0 Å². The van der Waals surface area contributed by atoms with Crippen LogP contribution in [0.2, 0.25) is 5.02 Å². The predicted molar refractivity (Wildman–Crippen MR) is 114 cm³/mol. The van der Waals surface area contributed by atoms with Crippen LogP contribution < -0.4 is 16.0 Å². The van der Waals surface area contributed by atoms with Crippen molar-refractivity contribution in [2.45, 2.75) is 63.2 Å². The lowest BCUT2D eigenvalue weighted by atomic mass is 9.88. The highest BCUT2D eigenvalue weighted by Gasteiger charge is 2.40. The first kappa shape index (κ1) is 20.6. The fraction of sp³-hybridized carbons (Fsp3) is 0.636. The van der Waals surface area contributed by atoms with Crippen LogP contribution in [0, 0.1) is 5.92 Å². The van der Waals surface area contributed by atoms with Gasteiger partial charge in [0.25, 0.3) is 5.91 Å². The van der Waals surface area contributed by atoms with Crippen LogP contribution in [0.1, 0.15) is 44.1 Å². The SMILES string of the molecule is O=C(NCCc1ccc(Cl)cc1)C1CCN(C2NC3CCCCC3NC2=O)CC1. The molecule has 0 spiro atoms. The van der Waals surface area contributed by atoms with E-state index >= 15 is 0 Å². The van der Waals surface area contributed by atoms with Crippen molar-refractivity contribution in [1.29, 1.82) is 0 Å². The predicted octanol–water partition coefficient (Wildman–Crippen LogP) is 2.07. The van der Waals surface area contributed by atoms with Crippen molar-refractivity contribution in [3.05, 3.63) is 34.9 Å². The molecule has 0 bridgehead atoms. The molecule has 2 saturated heterocycles. The molecule has 1 aromatic carbocycles. The molecule has 3 fully saturated rings. The minimum Gasteiger partial charge on any atom is -0.356 e. The summed E-state index contributed by atoms with van der Waals surface area (Å²) in [6.45, 7) is 2.19. The Morgan fingerprint density at radius 1 is 1.07 bits per heavy atom. The third-order valence-corrected chi connectivity index (χ3v) is 6.86. The molecule has 2 amide bonds. The minimum atomic E-state index is -0.247. The Hall–Kier alpha value is -1.63. The quantitative estimate of drug-likeness (QED) is 0.684. The second kappa shape index (κ2) is 9.45. The molecule has 7 heteroatoms. The number of hydrogen-bond acceptors (Lipinski definition) is 4. The number of carbonyl (C=O) groups is 2. The van der Waals surface area contributed by atoms with Gasteiger partial charge in [0.05, 0.1) is 0 Å². The number of nitrogens with one attached hydrogen (secondary N) is 3. The zero-order valence-electron chi connectivity index (χ0n) is 16.8. The van der Waals surface area contributed by atoms with Crippen LogP contribution in [0.25, 0.3) is 0 Å². The molecule has 2 aliphatic heterocycles. The molecule has 0 radical (unpaired) electrons. The Labute approximate surface area is 177 Å². The van der Waals surface area contributed by atoms with Crippen molar-refractivity contribution >= 4 is 23.4 Å². The Morgan fingerprint density at radius 3 is 2.48 bits per heavy atom. The van der Waals surface area contributed by atoms with Gasteiger partial charge in [0.2, 0.25) is 5.91 Å². The second-order valence-electron chi connectivity index (χ2n) is 8.55. The second-order valence-corrected chi connectivity index (χ2v) is 8.99. The van der Waals surface area contributed by atoms with E-state index in [4.69, 9.17) is 11.6 Å². The number of benzene rings is 1. The first-order chi connectivity index (χ1) is 14.1. The van der Waals surface area contributed by atoms with E-state index in [1.165, 1.54) is 18.4 Å². The normalized spacial score (nSPS) is 28.4.